The Morgan fingerprint density at radius 3 is 2.74 bits per heavy atom. The summed E-state index contributed by atoms with van der Waals surface area (Å²) in [4.78, 5) is 5.76. The largest absolute Gasteiger partial charge is 0.401 e. The minimum absolute atomic E-state index is 0. The summed E-state index contributed by atoms with van der Waals surface area (Å²) < 4.78 is 51.2. The maximum atomic E-state index is 13.8. The smallest absolute Gasteiger partial charge is 0.357 e. The molecule has 1 aromatic carbocycles. The van der Waals surface area contributed by atoms with Crippen LogP contribution < -0.4 is 10.6 Å². The van der Waals surface area contributed by atoms with E-state index in [0.29, 0.717) is 55.6 Å². The highest BCUT2D eigenvalue weighted by molar-refractivity contribution is 14.0. The third-order valence-electron chi connectivity index (χ3n) is 4.05. The van der Waals surface area contributed by atoms with Crippen LogP contribution in [0.4, 0.5) is 17.6 Å². The van der Waals surface area contributed by atoms with E-state index in [0.717, 1.165) is 0 Å². The Kier molecular flexibility index (Phi) is 10.1. The summed E-state index contributed by atoms with van der Waals surface area (Å²) in [6.07, 6.45) is -3.24. The minimum atomic E-state index is -4.19. The first kappa shape index (κ1) is 24.2. The summed E-state index contributed by atoms with van der Waals surface area (Å²) in [6.45, 7) is 2.63. The fourth-order valence-electron chi connectivity index (χ4n) is 2.91. The average Bonchev–Trinajstić information content (AvgIpc) is 2.95. The molecule has 1 atom stereocenters. The molecule has 0 spiro atoms. The average molecular weight is 523 g/mol. The van der Waals surface area contributed by atoms with E-state index < -0.39 is 12.7 Å². The molecule has 1 fully saturated rings. The van der Waals surface area contributed by atoms with Crippen molar-refractivity contribution in [2.24, 2.45) is 4.99 Å². The summed E-state index contributed by atoms with van der Waals surface area (Å²) in [5.41, 5.74) is 0.408. The number of hydrogen-bond acceptors (Lipinski definition) is 2. The lowest BCUT2D eigenvalue weighted by atomic mass is 10.1. The van der Waals surface area contributed by atoms with Gasteiger partial charge in [-0.25, -0.2) is 4.39 Å². The molecular formula is C17H24ClF4IN4. The molecule has 10 heteroatoms. The zero-order chi connectivity index (χ0) is 19.2. The van der Waals surface area contributed by atoms with Crippen LogP contribution >= 0.6 is 35.6 Å². The van der Waals surface area contributed by atoms with Gasteiger partial charge in [0.15, 0.2) is 5.96 Å². The van der Waals surface area contributed by atoms with E-state index >= 15 is 0 Å². The molecule has 0 bridgehead atoms. The molecule has 1 aromatic rings. The van der Waals surface area contributed by atoms with Crippen molar-refractivity contribution < 1.29 is 17.6 Å². The number of hydrogen-bond donors (Lipinski definition) is 2. The Labute approximate surface area is 178 Å². The second kappa shape index (κ2) is 11.3. The van der Waals surface area contributed by atoms with Crippen molar-refractivity contribution in [3.05, 3.63) is 34.6 Å². The van der Waals surface area contributed by atoms with Crippen molar-refractivity contribution in [3.8, 4) is 0 Å². The number of rotatable bonds is 6. The lowest BCUT2D eigenvalue weighted by Crippen LogP contribution is -2.45. The van der Waals surface area contributed by atoms with Crippen LogP contribution in [0.1, 0.15) is 18.9 Å². The second-order valence-corrected chi connectivity index (χ2v) is 6.60. The van der Waals surface area contributed by atoms with Crippen molar-refractivity contribution in [2.45, 2.75) is 32.0 Å². The van der Waals surface area contributed by atoms with E-state index in [2.05, 4.69) is 15.6 Å². The molecule has 27 heavy (non-hydrogen) atoms. The van der Waals surface area contributed by atoms with E-state index in [1.165, 1.54) is 11.0 Å². The van der Waals surface area contributed by atoms with E-state index in [1.54, 1.807) is 12.1 Å². The van der Waals surface area contributed by atoms with Gasteiger partial charge >= 0.3 is 6.18 Å². The zero-order valence-electron chi connectivity index (χ0n) is 15.0. The van der Waals surface area contributed by atoms with Gasteiger partial charge in [0.05, 0.1) is 6.54 Å². The number of aliphatic imine (C=N–C) groups is 1. The van der Waals surface area contributed by atoms with Gasteiger partial charge in [0, 0.05) is 42.8 Å². The maximum Gasteiger partial charge on any atom is 0.401 e. The van der Waals surface area contributed by atoms with Crippen LogP contribution in [0.15, 0.2) is 23.2 Å². The van der Waals surface area contributed by atoms with Crippen LogP contribution in [0.5, 0.6) is 0 Å². The molecule has 154 valence electrons. The first-order chi connectivity index (χ1) is 12.3. The van der Waals surface area contributed by atoms with Gasteiger partial charge in [-0.05, 0) is 31.9 Å². The molecule has 4 nitrogen and oxygen atoms in total. The topological polar surface area (TPSA) is 39.7 Å². The number of halogens is 6. The first-order valence-corrected chi connectivity index (χ1v) is 8.93. The number of guanidine groups is 1. The number of alkyl halides is 3. The molecule has 1 heterocycles. The highest BCUT2D eigenvalue weighted by atomic mass is 127. The van der Waals surface area contributed by atoms with Gasteiger partial charge < -0.3 is 10.6 Å². The summed E-state index contributed by atoms with van der Waals surface area (Å²) >= 11 is 6.00. The van der Waals surface area contributed by atoms with E-state index in [4.69, 9.17) is 11.6 Å². The Morgan fingerprint density at radius 2 is 2.11 bits per heavy atom. The van der Waals surface area contributed by atoms with Gasteiger partial charge in [0.1, 0.15) is 5.82 Å². The minimum Gasteiger partial charge on any atom is -0.357 e. The van der Waals surface area contributed by atoms with E-state index in [1.807, 2.05) is 6.92 Å². The van der Waals surface area contributed by atoms with E-state index in [-0.39, 0.29) is 35.8 Å². The summed E-state index contributed by atoms with van der Waals surface area (Å²) in [7, 11) is 0. The number of nitrogens with one attached hydrogen (secondary N) is 2. The predicted octanol–water partition coefficient (Wildman–Crippen LogP) is 3.83. The molecule has 0 amide bonds. The predicted molar refractivity (Wildman–Crippen MR) is 111 cm³/mol. The fourth-order valence-corrected chi connectivity index (χ4v) is 3.17. The lowest BCUT2D eigenvalue weighted by molar-refractivity contribution is -0.143. The van der Waals surface area contributed by atoms with Crippen molar-refractivity contribution >= 4 is 41.5 Å². The van der Waals surface area contributed by atoms with E-state index in [9.17, 15) is 17.6 Å². The Hall–Kier alpha value is -0.810. The third kappa shape index (κ3) is 8.39. The maximum absolute atomic E-state index is 13.8. The first-order valence-electron chi connectivity index (χ1n) is 8.55. The summed E-state index contributed by atoms with van der Waals surface area (Å²) in [5, 5.41) is 6.57. The molecule has 1 saturated heterocycles. The number of likely N-dealkylation sites (tertiary alicyclic amines) is 1. The molecule has 1 aliphatic heterocycles. The molecular weight excluding hydrogens is 499 g/mol. The summed E-state index contributed by atoms with van der Waals surface area (Å²) in [6, 6.07) is 4.42. The molecule has 2 N–H and O–H groups in total. The zero-order valence-corrected chi connectivity index (χ0v) is 18.0. The van der Waals surface area contributed by atoms with Crippen molar-refractivity contribution in [1.82, 2.24) is 15.5 Å². The normalized spacial score (nSPS) is 18.3. The lowest BCUT2D eigenvalue weighted by Gasteiger charge is -2.19. The molecule has 0 saturated carbocycles. The molecule has 0 aliphatic carbocycles. The van der Waals surface area contributed by atoms with Crippen molar-refractivity contribution in [2.75, 3.05) is 32.7 Å². The molecule has 1 aliphatic rings. The van der Waals surface area contributed by atoms with Gasteiger partial charge in [0.2, 0.25) is 0 Å². The fraction of sp³-hybridized carbons (Fsp3) is 0.588. The highest BCUT2D eigenvalue weighted by Gasteiger charge is 2.34. The van der Waals surface area contributed by atoms with Gasteiger partial charge in [-0.2, -0.15) is 13.2 Å². The van der Waals surface area contributed by atoms with Crippen molar-refractivity contribution in [3.63, 3.8) is 0 Å². The van der Waals surface area contributed by atoms with Gasteiger partial charge in [0.25, 0.3) is 0 Å². The Bertz CT molecular complexity index is 607. The monoisotopic (exact) mass is 522 g/mol. The Balaban J connectivity index is 0.00000364. The van der Waals surface area contributed by atoms with Crippen LogP contribution in [-0.2, 0) is 6.42 Å². The quantitative estimate of drug-likeness (QED) is 0.258. The second-order valence-electron chi connectivity index (χ2n) is 6.19. The Morgan fingerprint density at radius 1 is 1.37 bits per heavy atom. The summed E-state index contributed by atoms with van der Waals surface area (Å²) in [5.74, 6) is 0.142. The van der Waals surface area contributed by atoms with Crippen molar-refractivity contribution in [1.29, 1.82) is 0 Å². The highest BCUT2D eigenvalue weighted by Crippen LogP contribution is 2.20. The van der Waals surface area contributed by atoms with Crippen LogP contribution in [0.25, 0.3) is 0 Å². The van der Waals surface area contributed by atoms with Crippen LogP contribution in [-0.4, -0.2) is 55.8 Å². The van der Waals surface area contributed by atoms with Crippen LogP contribution in [0, 0.1) is 5.82 Å². The molecule has 2 rings (SSSR count). The SMILES string of the molecule is CCNC(=NCCc1c(F)cccc1Cl)NC1CCN(CC(F)(F)F)C1.I. The van der Waals surface area contributed by atoms with Gasteiger partial charge in [-0.3, -0.25) is 9.89 Å². The molecule has 1 unspecified atom stereocenters. The van der Waals surface area contributed by atoms with Gasteiger partial charge in [-0.1, -0.05) is 17.7 Å². The number of nitrogens with zero attached hydrogens (tertiary/aromatic N) is 2. The van der Waals surface area contributed by atoms with Crippen LogP contribution in [0.3, 0.4) is 0 Å². The standard InChI is InChI=1S/C17H23ClF4N4.HI/c1-2-23-16(24-8-6-13-14(18)4-3-5-15(13)19)25-12-7-9-26(10-12)11-17(20,21)22;/h3-5,12H,2,6-11H2,1H3,(H2,23,24,25);1H. The number of benzene rings is 1. The third-order valence-corrected chi connectivity index (χ3v) is 4.41. The van der Waals surface area contributed by atoms with Crippen LogP contribution in [0.2, 0.25) is 5.02 Å². The molecule has 0 radical (unpaired) electrons. The van der Waals surface area contributed by atoms with Gasteiger partial charge in [-0.15, -0.1) is 24.0 Å². The molecule has 0 aromatic heterocycles.